The van der Waals surface area contributed by atoms with Crippen molar-refractivity contribution in [1.29, 1.82) is 0 Å². The van der Waals surface area contributed by atoms with Crippen molar-refractivity contribution >= 4 is 27.5 Å². The van der Waals surface area contributed by atoms with Crippen LogP contribution in [0.25, 0.3) is 5.69 Å². The van der Waals surface area contributed by atoms with Crippen LogP contribution in [0.2, 0.25) is 0 Å². The van der Waals surface area contributed by atoms with Crippen LogP contribution in [0, 0.1) is 0 Å². The number of sulfonamides is 1. The van der Waals surface area contributed by atoms with E-state index in [4.69, 9.17) is 0 Å². The van der Waals surface area contributed by atoms with Crippen molar-refractivity contribution in [1.82, 2.24) is 24.8 Å². The summed E-state index contributed by atoms with van der Waals surface area (Å²) in [5, 5.41) is 9.21. The summed E-state index contributed by atoms with van der Waals surface area (Å²) in [4.78, 5) is 28.3. The fourth-order valence-electron chi connectivity index (χ4n) is 2.67. The minimum Gasteiger partial charge on any atom is -0.343 e. The van der Waals surface area contributed by atoms with Crippen molar-refractivity contribution in [3.63, 3.8) is 0 Å². The molecule has 0 saturated carbocycles. The van der Waals surface area contributed by atoms with Crippen molar-refractivity contribution in [2.75, 3.05) is 11.9 Å². The molecule has 2 amide bonds. The monoisotopic (exact) mass is 442 g/mol. The van der Waals surface area contributed by atoms with Gasteiger partial charge in [-0.2, -0.15) is 5.10 Å². The molecule has 1 heterocycles. The van der Waals surface area contributed by atoms with Gasteiger partial charge in [0.2, 0.25) is 15.9 Å². The first-order valence-corrected chi connectivity index (χ1v) is 10.9. The lowest BCUT2D eigenvalue weighted by atomic mass is 10.2. The molecule has 0 aliphatic rings. The largest absolute Gasteiger partial charge is 0.343 e. The van der Waals surface area contributed by atoms with E-state index in [1.165, 1.54) is 30.6 Å². The Balaban J connectivity index is 1.52. The molecule has 10 nitrogen and oxygen atoms in total. The van der Waals surface area contributed by atoms with Crippen LogP contribution < -0.4 is 15.4 Å². The normalized spacial score (nSPS) is 11.3. The summed E-state index contributed by atoms with van der Waals surface area (Å²) < 4.78 is 28.3. The highest BCUT2D eigenvalue weighted by atomic mass is 32.2. The summed E-state index contributed by atoms with van der Waals surface area (Å²) in [6.45, 7) is 3.20. The smallest absolute Gasteiger partial charge is 0.251 e. The average molecular weight is 443 g/mol. The molecule has 162 valence electrons. The zero-order valence-electron chi connectivity index (χ0n) is 16.9. The molecular formula is C20H22N6O4S. The standard InChI is InChI=1S/C20H22N6O4S/c1-14(2)25-31(29,30)18-9-3-15(4-10-18)20(28)22-11-19(27)24-16-5-7-17(8-6-16)26-13-21-12-23-26/h3-10,12-14,25H,11H2,1-2H3,(H,22,28)(H,24,27). The number of anilines is 1. The summed E-state index contributed by atoms with van der Waals surface area (Å²) >= 11 is 0. The first kappa shape index (κ1) is 22.1. The van der Waals surface area contributed by atoms with Gasteiger partial charge in [0, 0.05) is 17.3 Å². The third kappa shape index (κ3) is 5.96. The Kier molecular flexibility index (Phi) is 6.78. The number of benzene rings is 2. The lowest BCUT2D eigenvalue weighted by molar-refractivity contribution is -0.115. The predicted molar refractivity (Wildman–Crippen MR) is 114 cm³/mol. The number of hydrogen-bond donors (Lipinski definition) is 3. The van der Waals surface area contributed by atoms with Gasteiger partial charge in [0.1, 0.15) is 12.7 Å². The molecule has 2 aromatic carbocycles. The number of nitrogens with one attached hydrogen (secondary N) is 3. The molecule has 31 heavy (non-hydrogen) atoms. The van der Waals surface area contributed by atoms with Crippen LogP contribution in [0.1, 0.15) is 24.2 Å². The van der Waals surface area contributed by atoms with Crippen LogP contribution in [0.4, 0.5) is 5.69 Å². The maximum atomic E-state index is 12.2. The summed E-state index contributed by atoms with van der Waals surface area (Å²) in [6, 6.07) is 12.2. The summed E-state index contributed by atoms with van der Waals surface area (Å²) in [5.74, 6) is -0.889. The molecule has 11 heteroatoms. The highest BCUT2D eigenvalue weighted by Crippen LogP contribution is 2.13. The zero-order valence-corrected chi connectivity index (χ0v) is 17.8. The Labute approximate surface area is 179 Å². The quantitative estimate of drug-likeness (QED) is 0.482. The molecule has 0 spiro atoms. The second-order valence-electron chi connectivity index (χ2n) is 6.92. The van der Waals surface area contributed by atoms with Gasteiger partial charge in [-0.05, 0) is 62.4 Å². The fraction of sp³-hybridized carbons (Fsp3) is 0.200. The van der Waals surface area contributed by atoms with E-state index in [1.807, 2.05) is 0 Å². The minimum atomic E-state index is -3.63. The second-order valence-corrected chi connectivity index (χ2v) is 8.63. The highest BCUT2D eigenvalue weighted by molar-refractivity contribution is 7.89. The van der Waals surface area contributed by atoms with Crippen LogP contribution in [0.5, 0.6) is 0 Å². The van der Waals surface area contributed by atoms with Gasteiger partial charge in [-0.15, -0.1) is 0 Å². The lowest BCUT2D eigenvalue weighted by Gasteiger charge is -2.10. The molecule has 3 aromatic rings. The maximum Gasteiger partial charge on any atom is 0.251 e. The number of amides is 2. The van der Waals surface area contributed by atoms with Gasteiger partial charge in [0.25, 0.3) is 5.91 Å². The summed E-state index contributed by atoms with van der Waals surface area (Å²) in [5.41, 5.74) is 1.60. The summed E-state index contributed by atoms with van der Waals surface area (Å²) in [7, 11) is -3.63. The van der Waals surface area contributed by atoms with Gasteiger partial charge >= 0.3 is 0 Å². The van der Waals surface area contributed by atoms with Crippen LogP contribution >= 0.6 is 0 Å². The molecule has 0 saturated heterocycles. The van der Waals surface area contributed by atoms with Gasteiger partial charge in [-0.25, -0.2) is 22.8 Å². The van der Waals surface area contributed by atoms with E-state index in [2.05, 4.69) is 25.4 Å². The first-order valence-electron chi connectivity index (χ1n) is 9.40. The molecule has 0 aliphatic heterocycles. The average Bonchev–Trinajstić information content (AvgIpc) is 3.27. The second kappa shape index (κ2) is 9.49. The van der Waals surface area contributed by atoms with Crippen LogP contribution in [-0.2, 0) is 14.8 Å². The third-order valence-electron chi connectivity index (χ3n) is 4.06. The van der Waals surface area contributed by atoms with E-state index in [0.717, 1.165) is 5.69 Å². The van der Waals surface area contributed by atoms with E-state index in [1.54, 1.807) is 49.1 Å². The summed E-state index contributed by atoms with van der Waals surface area (Å²) in [6.07, 6.45) is 2.99. The molecule has 0 radical (unpaired) electrons. The van der Waals surface area contributed by atoms with Gasteiger partial charge < -0.3 is 10.6 Å². The maximum absolute atomic E-state index is 12.2. The number of nitrogens with zero attached hydrogens (tertiary/aromatic N) is 3. The number of rotatable bonds is 8. The molecule has 0 aliphatic carbocycles. The molecule has 3 rings (SSSR count). The van der Waals surface area contributed by atoms with Crippen molar-refractivity contribution in [3.8, 4) is 5.69 Å². The molecule has 0 unspecified atom stereocenters. The van der Waals surface area contributed by atoms with Crippen molar-refractivity contribution in [2.45, 2.75) is 24.8 Å². The van der Waals surface area contributed by atoms with E-state index in [0.29, 0.717) is 5.69 Å². The van der Waals surface area contributed by atoms with Gasteiger partial charge in [0.15, 0.2) is 0 Å². The van der Waals surface area contributed by atoms with E-state index < -0.39 is 21.8 Å². The topological polar surface area (TPSA) is 135 Å². The minimum absolute atomic E-state index is 0.0600. The Morgan fingerprint density at radius 3 is 2.29 bits per heavy atom. The number of carbonyl (C=O) groups is 2. The highest BCUT2D eigenvalue weighted by Gasteiger charge is 2.16. The van der Waals surface area contributed by atoms with Crippen molar-refractivity contribution in [3.05, 3.63) is 66.7 Å². The molecule has 0 fully saturated rings. The molecule has 3 N–H and O–H groups in total. The Morgan fingerprint density at radius 1 is 1.03 bits per heavy atom. The molecule has 1 aromatic heterocycles. The number of aromatic nitrogens is 3. The van der Waals surface area contributed by atoms with E-state index in [-0.39, 0.29) is 23.0 Å². The van der Waals surface area contributed by atoms with Crippen molar-refractivity contribution < 1.29 is 18.0 Å². The van der Waals surface area contributed by atoms with E-state index >= 15 is 0 Å². The third-order valence-corrected chi connectivity index (χ3v) is 5.74. The Morgan fingerprint density at radius 2 is 1.71 bits per heavy atom. The number of hydrogen-bond acceptors (Lipinski definition) is 6. The van der Waals surface area contributed by atoms with Gasteiger partial charge in [0.05, 0.1) is 17.1 Å². The Hall–Kier alpha value is -3.57. The Bertz CT molecular complexity index is 1140. The predicted octanol–water partition coefficient (Wildman–Crippen LogP) is 1.32. The molecular weight excluding hydrogens is 420 g/mol. The van der Waals surface area contributed by atoms with Crippen LogP contribution in [0.15, 0.2) is 66.1 Å². The zero-order chi connectivity index (χ0) is 22.4. The van der Waals surface area contributed by atoms with E-state index in [9.17, 15) is 18.0 Å². The lowest BCUT2D eigenvalue weighted by Crippen LogP contribution is -2.33. The number of carbonyl (C=O) groups excluding carboxylic acids is 2. The fourth-order valence-corrected chi connectivity index (χ4v) is 3.92. The SMILES string of the molecule is CC(C)NS(=O)(=O)c1ccc(C(=O)NCC(=O)Nc2ccc(-n3cncn3)cc2)cc1. The van der Waals surface area contributed by atoms with Gasteiger partial charge in [-0.1, -0.05) is 0 Å². The van der Waals surface area contributed by atoms with Crippen LogP contribution in [0.3, 0.4) is 0 Å². The van der Waals surface area contributed by atoms with Crippen molar-refractivity contribution in [2.24, 2.45) is 0 Å². The van der Waals surface area contributed by atoms with Crippen LogP contribution in [-0.4, -0.2) is 47.6 Å². The molecule has 0 bridgehead atoms. The van der Waals surface area contributed by atoms with Gasteiger partial charge in [-0.3, -0.25) is 9.59 Å². The molecule has 0 atom stereocenters. The first-order chi connectivity index (χ1) is 14.7.